The van der Waals surface area contributed by atoms with Gasteiger partial charge in [0.2, 0.25) is 0 Å². The summed E-state index contributed by atoms with van der Waals surface area (Å²) in [6.07, 6.45) is 3.99. The van der Waals surface area contributed by atoms with Gasteiger partial charge in [0.1, 0.15) is 0 Å². The van der Waals surface area contributed by atoms with Gasteiger partial charge < -0.3 is 4.74 Å². The molecule has 20 heavy (non-hydrogen) atoms. The van der Waals surface area contributed by atoms with Crippen molar-refractivity contribution in [2.75, 3.05) is 6.61 Å². The number of carbonyl (C=O) groups excluding carboxylic acids is 1. The summed E-state index contributed by atoms with van der Waals surface area (Å²) in [5.74, 6) is -0.303. The molecule has 0 unspecified atom stereocenters. The van der Waals surface area contributed by atoms with Gasteiger partial charge in [-0.25, -0.2) is 4.79 Å². The monoisotopic (exact) mass is 266 g/mol. The van der Waals surface area contributed by atoms with E-state index in [0.717, 1.165) is 12.0 Å². The van der Waals surface area contributed by atoms with Crippen molar-refractivity contribution >= 4 is 12.0 Å². The zero-order chi connectivity index (χ0) is 14.2. The van der Waals surface area contributed by atoms with Gasteiger partial charge in [0.15, 0.2) is 0 Å². The molecule has 2 aromatic carbocycles. The van der Waals surface area contributed by atoms with E-state index in [9.17, 15) is 4.79 Å². The molecular weight excluding hydrogens is 248 g/mol. The summed E-state index contributed by atoms with van der Waals surface area (Å²) in [6, 6.07) is 18.0. The number of hydrogen-bond donors (Lipinski definition) is 0. The molecule has 0 aliphatic heterocycles. The van der Waals surface area contributed by atoms with Gasteiger partial charge in [-0.2, -0.15) is 0 Å². The summed E-state index contributed by atoms with van der Waals surface area (Å²) in [7, 11) is 0. The quantitative estimate of drug-likeness (QED) is 0.608. The second-order valence-corrected chi connectivity index (χ2v) is 4.65. The first-order valence-electron chi connectivity index (χ1n) is 6.69. The lowest BCUT2D eigenvalue weighted by Crippen LogP contribution is -2.04. The second-order valence-electron chi connectivity index (χ2n) is 4.65. The number of esters is 1. The highest BCUT2D eigenvalue weighted by Crippen LogP contribution is 2.06. The fourth-order valence-corrected chi connectivity index (χ4v) is 1.90. The molecule has 0 bridgehead atoms. The van der Waals surface area contributed by atoms with E-state index in [1.165, 1.54) is 17.2 Å². The van der Waals surface area contributed by atoms with Crippen LogP contribution in [-0.4, -0.2) is 12.6 Å². The Kier molecular flexibility index (Phi) is 5.13. The van der Waals surface area contributed by atoms with Gasteiger partial charge in [0.25, 0.3) is 0 Å². The summed E-state index contributed by atoms with van der Waals surface area (Å²) in [6.45, 7) is 2.43. The highest BCUT2D eigenvalue weighted by molar-refractivity contribution is 5.87. The Morgan fingerprint density at radius 1 is 1.10 bits per heavy atom. The molecule has 0 aliphatic carbocycles. The maximum Gasteiger partial charge on any atom is 0.330 e. The van der Waals surface area contributed by atoms with Gasteiger partial charge in [-0.05, 0) is 24.1 Å². The number of rotatable bonds is 5. The molecule has 0 radical (unpaired) electrons. The van der Waals surface area contributed by atoms with Crippen molar-refractivity contribution in [1.29, 1.82) is 0 Å². The fraction of sp³-hybridized carbons (Fsp3) is 0.167. The van der Waals surface area contributed by atoms with Crippen LogP contribution >= 0.6 is 0 Å². The molecule has 0 aromatic heterocycles. The smallest absolute Gasteiger partial charge is 0.330 e. The lowest BCUT2D eigenvalue weighted by molar-refractivity contribution is -0.137. The van der Waals surface area contributed by atoms with E-state index in [0.29, 0.717) is 6.61 Å². The number of aryl methyl sites for hydroxylation is 1. The minimum atomic E-state index is -0.303. The van der Waals surface area contributed by atoms with Crippen LogP contribution in [0.1, 0.15) is 16.7 Å². The van der Waals surface area contributed by atoms with Crippen molar-refractivity contribution in [3.05, 3.63) is 77.4 Å². The number of carbonyl (C=O) groups is 1. The summed E-state index contributed by atoms with van der Waals surface area (Å²) in [5, 5.41) is 0. The van der Waals surface area contributed by atoms with Crippen molar-refractivity contribution in [3.8, 4) is 0 Å². The Balaban J connectivity index is 1.78. The van der Waals surface area contributed by atoms with Crippen molar-refractivity contribution in [2.45, 2.75) is 13.3 Å². The van der Waals surface area contributed by atoms with Gasteiger partial charge >= 0.3 is 5.97 Å². The third-order valence-electron chi connectivity index (χ3n) is 2.93. The number of hydrogen-bond acceptors (Lipinski definition) is 2. The molecule has 0 heterocycles. The molecule has 2 aromatic rings. The van der Waals surface area contributed by atoms with E-state index < -0.39 is 0 Å². The Labute approximate surface area is 119 Å². The normalized spacial score (nSPS) is 10.7. The van der Waals surface area contributed by atoms with Crippen LogP contribution in [0.3, 0.4) is 0 Å². The maximum atomic E-state index is 11.6. The largest absolute Gasteiger partial charge is 0.462 e. The van der Waals surface area contributed by atoms with E-state index >= 15 is 0 Å². The van der Waals surface area contributed by atoms with Crippen LogP contribution in [0.5, 0.6) is 0 Å². The molecule has 2 nitrogen and oxygen atoms in total. The first-order valence-corrected chi connectivity index (χ1v) is 6.69. The molecule has 2 heteroatoms. The lowest BCUT2D eigenvalue weighted by Gasteiger charge is -2.02. The minimum absolute atomic E-state index is 0.303. The number of ether oxygens (including phenoxy) is 1. The van der Waals surface area contributed by atoms with E-state index in [4.69, 9.17) is 4.74 Å². The lowest BCUT2D eigenvalue weighted by atomic mass is 10.1. The standard InChI is InChI=1S/C18H18O2/c1-15-6-5-9-17(14-15)10-11-18(19)20-13-12-16-7-3-2-4-8-16/h2-11,14H,12-13H2,1H3/b11-10+. The van der Waals surface area contributed by atoms with E-state index in [-0.39, 0.29) is 5.97 Å². The first-order chi connectivity index (χ1) is 9.74. The molecule has 0 atom stereocenters. The maximum absolute atomic E-state index is 11.6. The molecule has 0 saturated heterocycles. The van der Waals surface area contributed by atoms with E-state index in [1.54, 1.807) is 6.08 Å². The molecule has 2 rings (SSSR count). The fourth-order valence-electron chi connectivity index (χ4n) is 1.90. The Hall–Kier alpha value is -2.35. The zero-order valence-electron chi connectivity index (χ0n) is 11.6. The van der Waals surface area contributed by atoms with Gasteiger partial charge in [0, 0.05) is 12.5 Å². The van der Waals surface area contributed by atoms with Crippen LogP contribution < -0.4 is 0 Å². The van der Waals surface area contributed by atoms with Gasteiger partial charge in [-0.1, -0.05) is 60.2 Å². The Bertz CT molecular complexity index is 585. The van der Waals surface area contributed by atoms with Crippen molar-refractivity contribution in [3.63, 3.8) is 0 Å². The molecular formula is C18H18O2. The van der Waals surface area contributed by atoms with Gasteiger partial charge in [-0.3, -0.25) is 0 Å². The topological polar surface area (TPSA) is 26.3 Å². The first kappa shape index (κ1) is 14.1. The molecule has 0 amide bonds. The zero-order valence-corrected chi connectivity index (χ0v) is 11.6. The SMILES string of the molecule is Cc1cccc(/C=C/C(=O)OCCc2ccccc2)c1. The van der Waals surface area contributed by atoms with Crippen LogP contribution in [0.25, 0.3) is 6.08 Å². The molecule has 0 saturated carbocycles. The predicted octanol–water partition coefficient (Wildman–Crippen LogP) is 3.79. The van der Waals surface area contributed by atoms with Crippen LogP contribution in [-0.2, 0) is 16.0 Å². The van der Waals surface area contributed by atoms with Crippen molar-refractivity contribution in [1.82, 2.24) is 0 Å². The van der Waals surface area contributed by atoms with Crippen LogP contribution in [0.4, 0.5) is 0 Å². The summed E-state index contributed by atoms with van der Waals surface area (Å²) < 4.78 is 5.17. The van der Waals surface area contributed by atoms with Crippen LogP contribution in [0.2, 0.25) is 0 Å². The summed E-state index contributed by atoms with van der Waals surface area (Å²) in [4.78, 5) is 11.6. The third-order valence-corrected chi connectivity index (χ3v) is 2.93. The van der Waals surface area contributed by atoms with Crippen molar-refractivity contribution in [2.24, 2.45) is 0 Å². The van der Waals surface area contributed by atoms with Crippen LogP contribution in [0, 0.1) is 6.92 Å². The number of benzene rings is 2. The summed E-state index contributed by atoms with van der Waals surface area (Å²) >= 11 is 0. The molecule has 0 aliphatic rings. The Morgan fingerprint density at radius 3 is 2.65 bits per heavy atom. The van der Waals surface area contributed by atoms with Crippen LogP contribution in [0.15, 0.2) is 60.7 Å². The van der Waals surface area contributed by atoms with Gasteiger partial charge in [0.05, 0.1) is 6.61 Å². The minimum Gasteiger partial charge on any atom is -0.462 e. The van der Waals surface area contributed by atoms with E-state index in [1.807, 2.05) is 61.5 Å². The summed E-state index contributed by atoms with van der Waals surface area (Å²) in [5.41, 5.74) is 3.34. The average Bonchev–Trinajstić information content (AvgIpc) is 2.46. The highest BCUT2D eigenvalue weighted by Gasteiger charge is 1.98. The third kappa shape index (κ3) is 4.73. The molecule has 0 spiro atoms. The van der Waals surface area contributed by atoms with Crippen molar-refractivity contribution < 1.29 is 9.53 Å². The van der Waals surface area contributed by atoms with E-state index in [2.05, 4.69) is 0 Å². The molecule has 102 valence electrons. The molecule has 0 N–H and O–H groups in total. The average molecular weight is 266 g/mol. The molecule has 0 fully saturated rings. The van der Waals surface area contributed by atoms with Gasteiger partial charge in [-0.15, -0.1) is 0 Å². The predicted molar refractivity (Wildman–Crippen MR) is 81.3 cm³/mol. The Morgan fingerprint density at radius 2 is 1.90 bits per heavy atom. The highest BCUT2D eigenvalue weighted by atomic mass is 16.5. The second kappa shape index (κ2) is 7.29.